The van der Waals surface area contributed by atoms with Gasteiger partial charge in [-0.05, 0) is 64.4 Å². The van der Waals surface area contributed by atoms with Crippen LogP contribution in [0.4, 0.5) is 4.79 Å². The minimum absolute atomic E-state index is 0.192. The number of likely N-dealkylation sites (tertiary alicyclic amines) is 1. The minimum Gasteiger partial charge on any atom is -0.444 e. The second-order valence-corrected chi connectivity index (χ2v) is 8.35. The van der Waals surface area contributed by atoms with Gasteiger partial charge in [-0.15, -0.1) is 0 Å². The molecule has 24 heavy (non-hydrogen) atoms. The first-order valence-electron chi connectivity index (χ1n) is 9.41. The number of aryl methyl sites for hydroxylation is 1. The van der Waals surface area contributed by atoms with Crippen LogP contribution in [0.3, 0.4) is 0 Å². The third-order valence-electron chi connectivity index (χ3n) is 5.32. The van der Waals surface area contributed by atoms with Gasteiger partial charge in [-0.1, -0.05) is 13.3 Å². The number of nitrogens with zero attached hydrogens (tertiary/aromatic N) is 2. The molecule has 1 fully saturated rings. The number of hydrogen-bond acceptors (Lipinski definition) is 3. The highest BCUT2D eigenvalue weighted by atomic mass is 16.6. The fourth-order valence-corrected chi connectivity index (χ4v) is 3.97. The van der Waals surface area contributed by atoms with Gasteiger partial charge in [0.2, 0.25) is 0 Å². The van der Waals surface area contributed by atoms with E-state index in [0.717, 1.165) is 44.7 Å². The van der Waals surface area contributed by atoms with E-state index >= 15 is 0 Å². The Bertz CT molecular complexity index is 588. The highest BCUT2D eigenvalue weighted by molar-refractivity contribution is 5.68. The molecule has 1 aromatic rings. The third kappa shape index (κ3) is 3.76. The molecule has 0 radical (unpaired) electrons. The molecule has 1 amide bonds. The van der Waals surface area contributed by atoms with Crippen LogP contribution in [-0.2, 0) is 17.6 Å². The van der Waals surface area contributed by atoms with Gasteiger partial charge >= 0.3 is 6.09 Å². The van der Waals surface area contributed by atoms with E-state index in [-0.39, 0.29) is 6.09 Å². The summed E-state index contributed by atoms with van der Waals surface area (Å²) in [5.74, 6) is 1.11. The number of piperidine rings is 1. The zero-order valence-electron chi connectivity index (χ0n) is 15.5. The Morgan fingerprint density at radius 3 is 2.88 bits per heavy atom. The van der Waals surface area contributed by atoms with Crippen molar-refractivity contribution in [2.45, 2.75) is 77.7 Å². The molecule has 2 heterocycles. The SMILES string of the molecule is CCC1CCc2[nH]nc(C3CCCN(C(=O)OC(C)(C)C)C3)c2C1. The van der Waals surface area contributed by atoms with Gasteiger partial charge in [-0.3, -0.25) is 5.10 Å². The number of aromatic nitrogens is 2. The highest BCUT2D eigenvalue weighted by Gasteiger charge is 2.32. The molecule has 2 unspecified atom stereocenters. The number of carbonyl (C=O) groups excluding carboxylic acids is 1. The summed E-state index contributed by atoms with van der Waals surface area (Å²) < 4.78 is 5.55. The number of aromatic amines is 1. The molecule has 3 rings (SSSR count). The van der Waals surface area contributed by atoms with Gasteiger partial charge < -0.3 is 9.64 Å². The van der Waals surface area contributed by atoms with Crippen LogP contribution in [-0.4, -0.2) is 39.9 Å². The Labute approximate surface area is 145 Å². The van der Waals surface area contributed by atoms with E-state index in [1.165, 1.54) is 29.8 Å². The third-order valence-corrected chi connectivity index (χ3v) is 5.32. The first-order chi connectivity index (χ1) is 11.4. The Morgan fingerprint density at radius 2 is 2.17 bits per heavy atom. The predicted octanol–water partition coefficient (Wildman–Crippen LogP) is 4.04. The quantitative estimate of drug-likeness (QED) is 0.888. The number of hydrogen-bond donors (Lipinski definition) is 1. The molecule has 1 aliphatic heterocycles. The zero-order chi connectivity index (χ0) is 17.3. The summed E-state index contributed by atoms with van der Waals surface area (Å²) in [6.07, 6.45) is 6.68. The van der Waals surface area contributed by atoms with Crippen molar-refractivity contribution >= 4 is 6.09 Å². The first-order valence-corrected chi connectivity index (χ1v) is 9.41. The van der Waals surface area contributed by atoms with Gasteiger partial charge in [0.05, 0.1) is 5.69 Å². The predicted molar refractivity (Wildman–Crippen MR) is 94.2 cm³/mol. The second kappa shape index (κ2) is 6.77. The molecule has 0 aromatic carbocycles. The number of amides is 1. The summed E-state index contributed by atoms with van der Waals surface area (Å²) in [6, 6.07) is 0. The van der Waals surface area contributed by atoms with Gasteiger partial charge in [0.25, 0.3) is 0 Å². The average Bonchev–Trinajstić information content (AvgIpc) is 2.96. The molecule has 1 N–H and O–H groups in total. The van der Waals surface area contributed by atoms with Crippen LogP contribution in [0.25, 0.3) is 0 Å². The Hall–Kier alpha value is -1.52. The van der Waals surface area contributed by atoms with Crippen LogP contribution in [0.1, 0.15) is 76.2 Å². The van der Waals surface area contributed by atoms with Crippen LogP contribution in [0, 0.1) is 5.92 Å². The lowest BCUT2D eigenvalue weighted by molar-refractivity contribution is 0.0197. The number of fused-ring (bicyclic) bond motifs is 1. The van der Waals surface area contributed by atoms with Crippen molar-refractivity contribution in [2.75, 3.05) is 13.1 Å². The smallest absolute Gasteiger partial charge is 0.410 e. The average molecular weight is 333 g/mol. The van der Waals surface area contributed by atoms with Crippen molar-refractivity contribution in [3.8, 4) is 0 Å². The van der Waals surface area contributed by atoms with E-state index in [2.05, 4.69) is 17.1 Å². The fraction of sp³-hybridized carbons (Fsp3) is 0.789. The molecule has 1 aromatic heterocycles. The number of rotatable bonds is 2. The van der Waals surface area contributed by atoms with Gasteiger partial charge in [0.15, 0.2) is 0 Å². The number of ether oxygens (including phenoxy) is 1. The molecule has 2 atom stereocenters. The van der Waals surface area contributed by atoms with E-state index in [1.54, 1.807) is 0 Å². The zero-order valence-corrected chi connectivity index (χ0v) is 15.5. The van der Waals surface area contributed by atoms with Crippen LogP contribution in [0.5, 0.6) is 0 Å². The van der Waals surface area contributed by atoms with E-state index in [4.69, 9.17) is 4.74 Å². The minimum atomic E-state index is -0.441. The molecule has 134 valence electrons. The van der Waals surface area contributed by atoms with Gasteiger partial charge in [-0.25, -0.2) is 4.79 Å². The molecule has 1 aliphatic carbocycles. The Kier molecular flexibility index (Phi) is 4.88. The summed E-state index contributed by atoms with van der Waals surface area (Å²) in [4.78, 5) is 14.3. The van der Waals surface area contributed by atoms with Gasteiger partial charge in [-0.2, -0.15) is 5.10 Å². The molecule has 5 heteroatoms. The second-order valence-electron chi connectivity index (χ2n) is 8.35. The summed E-state index contributed by atoms with van der Waals surface area (Å²) in [6.45, 7) is 9.54. The van der Waals surface area contributed by atoms with Gasteiger partial charge in [0, 0.05) is 24.7 Å². The van der Waals surface area contributed by atoms with Crippen molar-refractivity contribution in [1.29, 1.82) is 0 Å². The van der Waals surface area contributed by atoms with Crippen molar-refractivity contribution in [2.24, 2.45) is 5.92 Å². The molecule has 0 bridgehead atoms. The molecule has 2 aliphatic rings. The fourth-order valence-electron chi connectivity index (χ4n) is 3.97. The van der Waals surface area contributed by atoms with Crippen molar-refractivity contribution in [1.82, 2.24) is 15.1 Å². The maximum Gasteiger partial charge on any atom is 0.410 e. The maximum absolute atomic E-state index is 12.4. The largest absolute Gasteiger partial charge is 0.444 e. The molecule has 5 nitrogen and oxygen atoms in total. The lowest BCUT2D eigenvalue weighted by Gasteiger charge is -2.34. The van der Waals surface area contributed by atoms with E-state index in [1.807, 2.05) is 25.7 Å². The summed E-state index contributed by atoms with van der Waals surface area (Å²) >= 11 is 0. The molecule has 1 saturated heterocycles. The van der Waals surface area contributed by atoms with Gasteiger partial charge in [0.1, 0.15) is 5.60 Å². The summed E-state index contributed by atoms with van der Waals surface area (Å²) in [5, 5.41) is 7.92. The Morgan fingerprint density at radius 1 is 1.38 bits per heavy atom. The number of H-pyrrole nitrogens is 1. The lowest BCUT2D eigenvalue weighted by Crippen LogP contribution is -2.42. The topological polar surface area (TPSA) is 58.2 Å². The van der Waals surface area contributed by atoms with E-state index in [0.29, 0.717) is 5.92 Å². The van der Waals surface area contributed by atoms with Crippen LogP contribution in [0.15, 0.2) is 0 Å². The monoisotopic (exact) mass is 333 g/mol. The highest BCUT2D eigenvalue weighted by Crippen LogP contribution is 2.35. The normalized spacial score (nSPS) is 24.6. The summed E-state index contributed by atoms with van der Waals surface area (Å²) in [5.41, 5.74) is 3.52. The molecule has 0 spiro atoms. The lowest BCUT2D eigenvalue weighted by atomic mass is 9.82. The molecule has 0 saturated carbocycles. The van der Waals surface area contributed by atoms with Crippen molar-refractivity contribution in [3.63, 3.8) is 0 Å². The standard InChI is InChI=1S/C19H31N3O2/c1-5-13-8-9-16-15(11-13)17(21-20-16)14-7-6-10-22(12-14)18(23)24-19(2,3)4/h13-14H,5-12H2,1-4H3,(H,20,21). The van der Waals surface area contributed by atoms with Crippen molar-refractivity contribution < 1.29 is 9.53 Å². The van der Waals surface area contributed by atoms with E-state index < -0.39 is 5.60 Å². The van der Waals surface area contributed by atoms with Crippen LogP contribution < -0.4 is 0 Å². The molecular formula is C19H31N3O2. The molecular weight excluding hydrogens is 302 g/mol. The number of nitrogens with one attached hydrogen (secondary N) is 1. The van der Waals surface area contributed by atoms with Crippen molar-refractivity contribution in [3.05, 3.63) is 17.0 Å². The van der Waals surface area contributed by atoms with E-state index in [9.17, 15) is 4.79 Å². The maximum atomic E-state index is 12.4. The van der Waals surface area contributed by atoms with Crippen LogP contribution >= 0.6 is 0 Å². The number of carbonyl (C=O) groups is 1. The Balaban J connectivity index is 1.72. The van der Waals surface area contributed by atoms with Crippen LogP contribution in [0.2, 0.25) is 0 Å². The first kappa shape index (κ1) is 17.3. The summed E-state index contributed by atoms with van der Waals surface area (Å²) in [7, 11) is 0.